The van der Waals surface area contributed by atoms with Gasteiger partial charge in [-0.3, -0.25) is 4.98 Å². The maximum atomic E-state index is 5.70. The van der Waals surface area contributed by atoms with Crippen molar-refractivity contribution in [3.63, 3.8) is 0 Å². The van der Waals surface area contributed by atoms with Crippen LogP contribution in [0.3, 0.4) is 0 Å². The van der Waals surface area contributed by atoms with Crippen LogP contribution in [-0.4, -0.2) is 49.3 Å². The van der Waals surface area contributed by atoms with E-state index in [0.717, 1.165) is 58.8 Å². The van der Waals surface area contributed by atoms with Crippen molar-refractivity contribution in [1.29, 1.82) is 0 Å². The standard InChI is InChI=1S/C26H29N3O2/c1-28(2)12-7-13-29-18-24(23-10-6-11-25(31-4)26(23)29)21-14-20(16-27-17-21)19-8-5-9-22(15-19)30-3/h5-6,8-11,14-18H,7,12-13H2,1-4H3. The number of benzene rings is 2. The first-order valence-electron chi connectivity index (χ1n) is 10.5. The van der Waals surface area contributed by atoms with E-state index in [1.54, 1.807) is 14.2 Å². The molecular formula is C26H29N3O2. The Morgan fingerprint density at radius 2 is 1.71 bits per heavy atom. The minimum atomic E-state index is 0.838. The van der Waals surface area contributed by atoms with Crippen LogP contribution in [0.2, 0.25) is 0 Å². The second-order valence-corrected chi connectivity index (χ2v) is 7.94. The molecule has 5 nitrogen and oxygen atoms in total. The molecule has 0 atom stereocenters. The second-order valence-electron chi connectivity index (χ2n) is 7.94. The zero-order valence-corrected chi connectivity index (χ0v) is 18.6. The third-order valence-electron chi connectivity index (χ3n) is 5.54. The molecular weight excluding hydrogens is 386 g/mol. The summed E-state index contributed by atoms with van der Waals surface area (Å²) >= 11 is 0. The SMILES string of the molecule is COc1cccc(-c2cncc(-c3cn(CCCN(C)C)c4c(OC)cccc34)c2)c1. The van der Waals surface area contributed by atoms with Gasteiger partial charge < -0.3 is 18.9 Å². The minimum absolute atomic E-state index is 0.838. The molecule has 4 aromatic rings. The lowest BCUT2D eigenvalue weighted by atomic mass is 10.0. The van der Waals surface area contributed by atoms with E-state index in [4.69, 9.17) is 9.47 Å². The smallest absolute Gasteiger partial charge is 0.143 e. The molecule has 2 aromatic carbocycles. The number of ether oxygens (including phenoxy) is 2. The van der Waals surface area contributed by atoms with Crippen LogP contribution >= 0.6 is 0 Å². The predicted molar refractivity (Wildman–Crippen MR) is 127 cm³/mol. The van der Waals surface area contributed by atoms with E-state index in [1.807, 2.05) is 42.7 Å². The van der Waals surface area contributed by atoms with Crippen LogP contribution < -0.4 is 9.47 Å². The number of hydrogen-bond acceptors (Lipinski definition) is 4. The zero-order chi connectivity index (χ0) is 21.8. The maximum Gasteiger partial charge on any atom is 0.143 e. The van der Waals surface area contributed by atoms with Gasteiger partial charge in [-0.1, -0.05) is 24.3 Å². The highest BCUT2D eigenvalue weighted by Crippen LogP contribution is 2.37. The quantitative estimate of drug-likeness (QED) is 0.389. The largest absolute Gasteiger partial charge is 0.497 e. The third kappa shape index (κ3) is 4.42. The number of hydrogen-bond donors (Lipinski definition) is 0. The first kappa shape index (κ1) is 20.9. The Labute approximate surface area is 183 Å². The Kier molecular flexibility index (Phi) is 6.23. The highest BCUT2D eigenvalue weighted by atomic mass is 16.5. The Morgan fingerprint density at radius 1 is 0.903 bits per heavy atom. The number of methoxy groups -OCH3 is 2. The van der Waals surface area contributed by atoms with E-state index in [9.17, 15) is 0 Å². The molecule has 0 saturated heterocycles. The van der Waals surface area contributed by atoms with Crippen molar-refractivity contribution in [2.45, 2.75) is 13.0 Å². The molecule has 31 heavy (non-hydrogen) atoms. The lowest BCUT2D eigenvalue weighted by molar-refractivity contribution is 0.386. The van der Waals surface area contributed by atoms with Gasteiger partial charge in [-0.05, 0) is 56.9 Å². The Balaban J connectivity index is 1.79. The van der Waals surface area contributed by atoms with Gasteiger partial charge >= 0.3 is 0 Å². The Morgan fingerprint density at radius 3 is 2.48 bits per heavy atom. The number of pyridine rings is 1. The van der Waals surface area contributed by atoms with E-state index >= 15 is 0 Å². The highest BCUT2D eigenvalue weighted by Gasteiger charge is 2.15. The number of aromatic nitrogens is 2. The van der Waals surface area contributed by atoms with Gasteiger partial charge in [0.1, 0.15) is 11.5 Å². The molecule has 0 N–H and O–H groups in total. The third-order valence-corrected chi connectivity index (χ3v) is 5.54. The monoisotopic (exact) mass is 415 g/mol. The summed E-state index contributed by atoms with van der Waals surface area (Å²) in [6, 6.07) is 16.5. The molecule has 0 fully saturated rings. The van der Waals surface area contributed by atoms with Crippen LogP contribution in [0.5, 0.6) is 11.5 Å². The van der Waals surface area contributed by atoms with Crippen LogP contribution in [-0.2, 0) is 6.54 Å². The van der Waals surface area contributed by atoms with Crippen LogP contribution in [0.4, 0.5) is 0 Å². The van der Waals surface area contributed by atoms with Gasteiger partial charge in [-0.25, -0.2) is 0 Å². The predicted octanol–water partition coefficient (Wildman–Crippen LogP) is 5.34. The molecule has 0 saturated carbocycles. The molecule has 0 amide bonds. The molecule has 4 rings (SSSR count). The van der Waals surface area contributed by atoms with Crippen molar-refractivity contribution in [3.8, 4) is 33.8 Å². The number of fused-ring (bicyclic) bond motifs is 1. The second kappa shape index (κ2) is 9.23. The van der Waals surface area contributed by atoms with Crippen molar-refractivity contribution < 1.29 is 9.47 Å². The lowest BCUT2D eigenvalue weighted by Gasteiger charge is -2.11. The van der Waals surface area contributed by atoms with E-state index in [-0.39, 0.29) is 0 Å². The summed E-state index contributed by atoms with van der Waals surface area (Å²) in [7, 11) is 7.63. The van der Waals surface area contributed by atoms with Crippen LogP contribution in [0.1, 0.15) is 6.42 Å². The lowest BCUT2D eigenvalue weighted by Crippen LogP contribution is -2.14. The van der Waals surface area contributed by atoms with Gasteiger partial charge in [0, 0.05) is 47.2 Å². The van der Waals surface area contributed by atoms with E-state index in [1.165, 1.54) is 5.39 Å². The average molecular weight is 416 g/mol. The van der Waals surface area contributed by atoms with Gasteiger partial charge in [0.15, 0.2) is 0 Å². The fourth-order valence-corrected chi connectivity index (χ4v) is 4.00. The van der Waals surface area contributed by atoms with Crippen molar-refractivity contribution in [2.75, 3.05) is 34.9 Å². The first-order chi connectivity index (χ1) is 15.1. The van der Waals surface area contributed by atoms with Crippen molar-refractivity contribution in [3.05, 3.63) is 67.1 Å². The fraction of sp³-hybridized carbons (Fsp3) is 0.269. The van der Waals surface area contributed by atoms with Gasteiger partial charge in [0.05, 0.1) is 19.7 Å². The molecule has 0 unspecified atom stereocenters. The number of para-hydroxylation sites is 1. The molecule has 0 aliphatic carbocycles. The van der Waals surface area contributed by atoms with Crippen LogP contribution in [0.15, 0.2) is 67.1 Å². The minimum Gasteiger partial charge on any atom is -0.497 e. The van der Waals surface area contributed by atoms with E-state index in [0.29, 0.717) is 0 Å². The van der Waals surface area contributed by atoms with E-state index in [2.05, 4.69) is 52.9 Å². The Bertz CT molecular complexity index is 1180. The van der Waals surface area contributed by atoms with E-state index < -0.39 is 0 Å². The highest BCUT2D eigenvalue weighted by molar-refractivity contribution is 5.99. The zero-order valence-electron chi connectivity index (χ0n) is 18.6. The summed E-state index contributed by atoms with van der Waals surface area (Å²) in [5, 5.41) is 1.17. The summed E-state index contributed by atoms with van der Waals surface area (Å²) in [6.45, 7) is 1.97. The molecule has 2 aromatic heterocycles. The molecule has 0 aliphatic rings. The van der Waals surface area contributed by atoms with Gasteiger partial charge in [-0.15, -0.1) is 0 Å². The first-order valence-corrected chi connectivity index (χ1v) is 10.5. The number of nitrogens with zero attached hydrogens (tertiary/aromatic N) is 3. The van der Waals surface area contributed by atoms with Crippen molar-refractivity contribution >= 4 is 10.9 Å². The van der Waals surface area contributed by atoms with Crippen molar-refractivity contribution in [2.24, 2.45) is 0 Å². The summed E-state index contributed by atoms with van der Waals surface area (Å²) < 4.78 is 13.4. The van der Waals surface area contributed by atoms with Crippen molar-refractivity contribution in [1.82, 2.24) is 14.5 Å². The topological polar surface area (TPSA) is 39.5 Å². The maximum absolute atomic E-state index is 5.70. The molecule has 5 heteroatoms. The summed E-state index contributed by atoms with van der Waals surface area (Å²) in [6.07, 6.45) is 7.13. The molecule has 0 bridgehead atoms. The number of aryl methyl sites for hydroxylation is 1. The normalized spacial score (nSPS) is 11.3. The average Bonchev–Trinajstić information content (AvgIpc) is 3.18. The van der Waals surface area contributed by atoms with Crippen LogP contribution in [0, 0.1) is 0 Å². The molecule has 0 radical (unpaired) electrons. The van der Waals surface area contributed by atoms with Crippen LogP contribution in [0.25, 0.3) is 33.2 Å². The Hall–Kier alpha value is -3.31. The molecule has 0 aliphatic heterocycles. The van der Waals surface area contributed by atoms with Gasteiger partial charge in [-0.2, -0.15) is 0 Å². The molecule has 2 heterocycles. The van der Waals surface area contributed by atoms with Gasteiger partial charge in [0.25, 0.3) is 0 Å². The molecule has 0 spiro atoms. The van der Waals surface area contributed by atoms with Gasteiger partial charge in [0.2, 0.25) is 0 Å². The summed E-state index contributed by atoms with van der Waals surface area (Å²) in [5.74, 6) is 1.73. The number of rotatable bonds is 8. The summed E-state index contributed by atoms with van der Waals surface area (Å²) in [5.41, 5.74) is 5.53. The summed E-state index contributed by atoms with van der Waals surface area (Å²) in [4.78, 5) is 6.76. The fourth-order valence-electron chi connectivity index (χ4n) is 4.00. The molecule has 160 valence electrons.